The Labute approximate surface area is 171 Å². The van der Waals surface area contributed by atoms with E-state index in [2.05, 4.69) is 10.1 Å². The molecule has 0 saturated heterocycles. The summed E-state index contributed by atoms with van der Waals surface area (Å²) in [4.78, 5) is 12.2. The van der Waals surface area contributed by atoms with Gasteiger partial charge in [-0.1, -0.05) is 29.3 Å². The van der Waals surface area contributed by atoms with E-state index in [0.717, 1.165) is 0 Å². The van der Waals surface area contributed by atoms with Gasteiger partial charge in [-0.3, -0.25) is 4.79 Å². The summed E-state index contributed by atoms with van der Waals surface area (Å²) in [6, 6.07) is 9.39. The zero-order valence-corrected chi connectivity index (χ0v) is 16.7. The molecule has 152 valence electrons. The van der Waals surface area contributed by atoms with Crippen LogP contribution in [0.15, 0.2) is 36.4 Å². The van der Waals surface area contributed by atoms with Gasteiger partial charge in [-0.15, -0.1) is 0 Å². The monoisotopic (exact) mass is 433 g/mol. The van der Waals surface area contributed by atoms with E-state index in [1.54, 1.807) is 25.1 Å². The third-order valence-corrected chi connectivity index (χ3v) is 4.25. The largest absolute Gasteiger partial charge is 0.493 e. The third kappa shape index (κ3) is 6.42. The van der Waals surface area contributed by atoms with Gasteiger partial charge < -0.3 is 19.5 Å². The van der Waals surface area contributed by atoms with Gasteiger partial charge in [-0.05, 0) is 49.2 Å². The molecule has 0 aliphatic heterocycles. The lowest BCUT2D eigenvalue weighted by Crippen LogP contribution is -2.37. The molecular formula is C19H19Cl2F2NO4. The number of alkyl halides is 2. The number of benzene rings is 2. The minimum Gasteiger partial charge on any atom is -0.493 e. The number of ether oxygens (including phenoxy) is 3. The maximum Gasteiger partial charge on any atom is 0.387 e. The van der Waals surface area contributed by atoms with Crippen LogP contribution in [0.3, 0.4) is 0 Å². The average Bonchev–Trinajstić information content (AvgIpc) is 2.63. The van der Waals surface area contributed by atoms with E-state index < -0.39 is 12.7 Å². The summed E-state index contributed by atoms with van der Waals surface area (Å²) in [7, 11) is 1.36. The van der Waals surface area contributed by atoms with Gasteiger partial charge in [0, 0.05) is 11.6 Å². The molecule has 0 spiro atoms. The summed E-state index contributed by atoms with van der Waals surface area (Å²) < 4.78 is 39.9. The Hall–Kier alpha value is -2.25. The van der Waals surface area contributed by atoms with Crippen LogP contribution in [0.25, 0.3) is 0 Å². The zero-order chi connectivity index (χ0) is 20.7. The van der Waals surface area contributed by atoms with Crippen molar-refractivity contribution in [1.82, 2.24) is 5.32 Å². The maximum absolute atomic E-state index is 12.5. The predicted octanol–water partition coefficient (Wildman–Crippen LogP) is 4.73. The van der Waals surface area contributed by atoms with Crippen molar-refractivity contribution < 1.29 is 27.8 Å². The van der Waals surface area contributed by atoms with Crippen molar-refractivity contribution in [2.24, 2.45) is 0 Å². The fraction of sp³-hybridized carbons (Fsp3) is 0.316. The zero-order valence-electron chi connectivity index (χ0n) is 15.2. The Morgan fingerprint density at radius 2 is 1.79 bits per heavy atom. The fourth-order valence-electron chi connectivity index (χ4n) is 2.35. The minimum absolute atomic E-state index is 0.0598. The Kier molecular flexibility index (Phi) is 8.14. The first-order valence-electron chi connectivity index (χ1n) is 8.31. The van der Waals surface area contributed by atoms with Crippen molar-refractivity contribution in [1.29, 1.82) is 0 Å². The average molecular weight is 434 g/mol. The molecule has 0 aliphatic carbocycles. The van der Waals surface area contributed by atoms with Gasteiger partial charge in [-0.25, -0.2) is 0 Å². The van der Waals surface area contributed by atoms with Crippen LogP contribution in [0, 0.1) is 0 Å². The molecular weight excluding hydrogens is 415 g/mol. The van der Waals surface area contributed by atoms with E-state index in [0.29, 0.717) is 27.8 Å². The van der Waals surface area contributed by atoms with Crippen LogP contribution in [0.5, 0.6) is 17.2 Å². The summed E-state index contributed by atoms with van der Waals surface area (Å²) in [6.07, 6.45) is -0.378. The highest BCUT2D eigenvalue weighted by Crippen LogP contribution is 2.30. The van der Waals surface area contributed by atoms with Crippen molar-refractivity contribution in [2.45, 2.75) is 26.1 Å². The summed E-state index contributed by atoms with van der Waals surface area (Å²) >= 11 is 11.8. The van der Waals surface area contributed by atoms with Gasteiger partial charge in [-0.2, -0.15) is 8.78 Å². The molecule has 0 radical (unpaired) electrons. The Bertz CT molecular complexity index is 821. The highest BCUT2D eigenvalue weighted by Gasteiger charge is 2.16. The lowest BCUT2D eigenvalue weighted by atomic mass is 10.1. The molecule has 0 aliphatic rings. The molecule has 2 aromatic carbocycles. The van der Waals surface area contributed by atoms with E-state index in [1.807, 2.05) is 0 Å². The molecule has 0 saturated carbocycles. The van der Waals surface area contributed by atoms with Crippen LogP contribution in [0.1, 0.15) is 12.5 Å². The number of halogens is 4. The maximum atomic E-state index is 12.5. The molecule has 0 heterocycles. The quantitative estimate of drug-likeness (QED) is 0.620. The lowest BCUT2D eigenvalue weighted by molar-refractivity contribution is -0.127. The second-order valence-electron chi connectivity index (χ2n) is 5.74. The first-order chi connectivity index (χ1) is 13.3. The molecule has 0 bridgehead atoms. The second-order valence-corrected chi connectivity index (χ2v) is 6.58. The van der Waals surface area contributed by atoms with Crippen LogP contribution in [0.4, 0.5) is 8.78 Å². The number of methoxy groups -OCH3 is 1. The SMILES string of the molecule is COc1ccc(CCNC(=O)C(C)Oc2ccc(Cl)cc2Cl)cc1OC(F)F. The number of nitrogens with one attached hydrogen (secondary N) is 1. The normalized spacial score (nSPS) is 11.8. The van der Waals surface area contributed by atoms with E-state index in [1.165, 1.54) is 25.3 Å². The molecule has 2 aromatic rings. The molecule has 0 aromatic heterocycles. The van der Waals surface area contributed by atoms with Crippen molar-refractivity contribution in [3.63, 3.8) is 0 Å². The fourth-order valence-corrected chi connectivity index (χ4v) is 2.81. The van der Waals surface area contributed by atoms with E-state index in [-0.39, 0.29) is 24.0 Å². The summed E-state index contributed by atoms with van der Waals surface area (Å²) in [6.45, 7) is -1.09. The van der Waals surface area contributed by atoms with Crippen molar-refractivity contribution in [3.05, 3.63) is 52.0 Å². The second kappa shape index (κ2) is 10.3. The van der Waals surface area contributed by atoms with Gasteiger partial charge in [0.25, 0.3) is 5.91 Å². The van der Waals surface area contributed by atoms with Crippen LogP contribution in [-0.2, 0) is 11.2 Å². The molecule has 1 unspecified atom stereocenters. The molecule has 1 amide bonds. The number of carbonyl (C=O) groups is 1. The van der Waals surface area contributed by atoms with Crippen molar-refractivity contribution in [2.75, 3.05) is 13.7 Å². The Morgan fingerprint density at radius 1 is 1.07 bits per heavy atom. The number of hydrogen-bond donors (Lipinski definition) is 1. The highest BCUT2D eigenvalue weighted by atomic mass is 35.5. The molecule has 9 heteroatoms. The van der Waals surface area contributed by atoms with E-state index in [9.17, 15) is 13.6 Å². The molecule has 5 nitrogen and oxygen atoms in total. The first-order valence-corrected chi connectivity index (χ1v) is 9.07. The minimum atomic E-state index is -2.96. The standard InChI is InChI=1S/C19H19Cl2F2NO4/c1-11(27-15-6-4-13(20)10-14(15)21)18(25)24-8-7-12-3-5-16(26-2)17(9-12)28-19(22)23/h3-6,9-11,19H,7-8H2,1-2H3,(H,24,25). The Morgan fingerprint density at radius 3 is 2.43 bits per heavy atom. The number of carbonyl (C=O) groups excluding carboxylic acids is 1. The van der Waals surface area contributed by atoms with Gasteiger partial charge in [0.2, 0.25) is 0 Å². The first kappa shape index (κ1) is 22.0. The Balaban J connectivity index is 1.89. The third-order valence-electron chi connectivity index (χ3n) is 3.72. The van der Waals surface area contributed by atoms with Gasteiger partial charge in [0.1, 0.15) is 5.75 Å². The van der Waals surface area contributed by atoms with Crippen molar-refractivity contribution >= 4 is 29.1 Å². The van der Waals surface area contributed by atoms with E-state index >= 15 is 0 Å². The summed E-state index contributed by atoms with van der Waals surface area (Å²) in [5.74, 6) is 0.145. The van der Waals surface area contributed by atoms with Crippen LogP contribution in [-0.4, -0.2) is 32.3 Å². The van der Waals surface area contributed by atoms with E-state index in [4.69, 9.17) is 32.7 Å². The molecule has 0 fully saturated rings. The van der Waals surface area contributed by atoms with Gasteiger partial charge in [0.05, 0.1) is 12.1 Å². The van der Waals surface area contributed by atoms with Crippen molar-refractivity contribution in [3.8, 4) is 17.2 Å². The van der Waals surface area contributed by atoms with Crippen LogP contribution in [0.2, 0.25) is 10.0 Å². The number of amides is 1. The highest BCUT2D eigenvalue weighted by molar-refractivity contribution is 6.35. The molecule has 1 N–H and O–H groups in total. The lowest BCUT2D eigenvalue weighted by Gasteiger charge is -2.16. The smallest absolute Gasteiger partial charge is 0.387 e. The van der Waals surface area contributed by atoms with Gasteiger partial charge in [0.15, 0.2) is 17.6 Å². The van der Waals surface area contributed by atoms with Crippen LogP contribution < -0.4 is 19.5 Å². The topological polar surface area (TPSA) is 56.8 Å². The molecule has 28 heavy (non-hydrogen) atoms. The van der Waals surface area contributed by atoms with Gasteiger partial charge >= 0.3 is 6.61 Å². The van der Waals surface area contributed by atoms with Crippen LogP contribution >= 0.6 is 23.2 Å². The predicted molar refractivity (Wildman–Crippen MR) is 103 cm³/mol. The molecule has 1 atom stereocenters. The summed E-state index contributed by atoms with van der Waals surface area (Å²) in [5, 5.41) is 3.48. The molecule has 2 rings (SSSR count). The number of rotatable bonds is 9. The number of hydrogen-bond acceptors (Lipinski definition) is 4. The summed E-state index contributed by atoms with van der Waals surface area (Å²) in [5.41, 5.74) is 0.700.